The predicted octanol–water partition coefficient (Wildman–Crippen LogP) is 5.48. The van der Waals surface area contributed by atoms with Gasteiger partial charge in [0.15, 0.2) is 0 Å². The summed E-state index contributed by atoms with van der Waals surface area (Å²) in [5.41, 5.74) is 2.62. The standard InChI is InChI=1S/C21H13N3O3S/c25-20(17-6-3-11-28-17)24-13-7-9-14(10-8-13)26-21-19-18(22-12-23-21)15-4-1-2-5-16(15)27-19/h1-12H,(H,24,25). The van der Waals surface area contributed by atoms with Gasteiger partial charge in [0.05, 0.1) is 4.88 Å². The Bertz CT molecular complexity index is 1280. The molecule has 3 aromatic heterocycles. The van der Waals surface area contributed by atoms with Gasteiger partial charge >= 0.3 is 0 Å². The number of thiophene rings is 1. The highest BCUT2D eigenvalue weighted by atomic mass is 32.1. The topological polar surface area (TPSA) is 77.2 Å². The van der Waals surface area contributed by atoms with E-state index in [1.54, 1.807) is 30.3 Å². The van der Waals surface area contributed by atoms with Crippen molar-refractivity contribution in [1.82, 2.24) is 9.97 Å². The first-order valence-corrected chi connectivity index (χ1v) is 9.41. The Hall–Kier alpha value is -3.71. The van der Waals surface area contributed by atoms with Crippen LogP contribution in [-0.2, 0) is 0 Å². The van der Waals surface area contributed by atoms with Crippen molar-refractivity contribution in [3.8, 4) is 11.6 Å². The molecule has 1 N–H and O–H groups in total. The molecule has 0 bridgehead atoms. The molecule has 7 heteroatoms. The molecule has 2 aromatic carbocycles. The fourth-order valence-corrected chi connectivity index (χ4v) is 3.51. The smallest absolute Gasteiger partial charge is 0.267 e. The van der Waals surface area contributed by atoms with Crippen LogP contribution in [0.5, 0.6) is 11.6 Å². The monoisotopic (exact) mass is 387 g/mol. The average molecular weight is 387 g/mol. The molecular formula is C21H13N3O3S. The van der Waals surface area contributed by atoms with Crippen molar-refractivity contribution in [1.29, 1.82) is 0 Å². The minimum Gasteiger partial charge on any atom is -0.449 e. The second-order valence-electron chi connectivity index (χ2n) is 6.01. The van der Waals surface area contributed by atoms with E-state index >= 15 is 0 Å². The lowest BCUT2D eigenvalue weighted by atomic mass is 10.2. The van der Waals surface area contributed by atoms with Crippen LogP contribution in [0.4, 0.5) is 5.69 Å². The number of amides is 1. The molecule has 136 valence electrons. The van der Waals surface area contributed by atoms with Crippen LogP contribution in [0.15, 0.2) is 76.8 Å². The Labute approximate surface area is 163 Å². The number of benzene rings is 2. The number of aromatic nitrogens is 2. The number of hydrogen-bond acceptors (Lipinski definition) is 6. The van der Waals surface area contributed by atoms with Crippen molar-refractivity contribution in [3.63, 3.8) is 0 Å². The van der Waals surface area contributed by atoms with Gasteiger partial charge in [0, 0.05) is 11.1 Å². The van der Waals surface area contributed by atoms with Crippen LogP contribution in [0, 0.1) is 0 Å². The maximum atomic E-state index is 12.1. The molecule has 3 heterocycles. The Balaban J connectivity index is 1.40. The van der Waals surface area contributed by atoms with E-state index in [9.17, 15) is 4.79 Å². The summed E-state index contributed by atoms with van der Waals surface area (Å²) in [6, 6.07) is 18.4. The largest absolute Gasteiger partial charge is 0.449 e. The van der Waals surface area contributed by atoms with Gasteiger partial charge in [0.25, 0.3) is 11.8 Å². The molecule has 0 saturated carbocycles. The van der Waals surface area contributed by atoms with Gasteiger partial charge in [-0.15, -0.1) is 11.3 Å². The average Bonchev–Trinajstić information content (AvgIpc) is 3.38. The highest BCUT2D eigenvalue weighted by molar-refractivity contribution is 7.12. The summed E-state index contributed by atoms with van der Waals surface area (Å²) >= 11 is 1.40. The quantitative estimate of drug-likeness (QED) is 0.442. The fourth-order valence-electron chi connectivity index (χ4n) is 2.89. The van der Waals surface area contributed by atoms with Gasteiger partial charge < -0.3 is 14.5 Å². The van der Waals surface area contributed by atoms with Crippen LogP contribution in [0.3, 0.4) is 0 Å². The van der Waals surface area contributed by atoms with Crippen LogP contribution in [0.25, 0.3) is 22.1 Å². The lowest BCUT2D eigenvalue weighted by molar-refractivity contribution is 0.103. The van der Waals surface area contributed by atoms with E-state index in [1.165, 1.54) is 17.7 Å². The molecule has 6 nitrogen and oxygen atoms in total. The van der Waals surface area contributed by atoms with Crippen molar-refractivity contribution >= 4 is 45.0 Å². The number of furan rings is 1. The fraction of sp³-hybridized carbons (Fsp3) is 0. The van der Waals surface area contributed by atoms with Gasteiger partial charge in [-0.3, -0.25) is 4.79 Å². The molecule has 1 amide bonds. The summed E-state index contributed by atoms with van der Waals surface area (Å²) in [6.07, 6.45) is 1.45. The highest BCUT2D eigenvalue weighted by Crippen LogP contribution is 2.33. The van der Waals surface area contributed by atoms with Gasteiger partial charge in [-0.25, -0.2) is 4.98 Å². The number of hydrogen-bond donors (Lipinski definition) is 1. The van der Waals surface area contributed by atoms with E-state index in [2.05, 4.69) is 15.3 Å². The van der Waals surface area contributed by atoms with Crippen LogP contribution in [0.2, 0.25) is 0 Å². The molecule has 5 aromatic rings. The molecule has 28 heavy (non-hydrogen) atoms. The van der Waals surface area contributed by atoms with E-state index in [-0.39, 0.29) is 5.91 Å². The summed E-state index contributed by atoms with van der Waals surface area (Å²) in [6.45, 7) is 0. The molecule has 0 atom stereocenters. The predicted molar refractivity (Wildman–Crippen MR) is 108 cm³/mol. The van der Waals surface area contributed by atoms with Crippen molar-refractivity contribution in [2.75, 3.05) is 5.32 Å². The molecule has 0 aliphatic heterocycles. The molecule has 0 spiro atoms. The minimum absolute atomic E-state index is 0.136. The molecule has 5 rings (SSSR count). The Morgan fingerprint density at radius 3 is 2.68 bits per heavy atom. The molecule has 0 fully saturated rings. The van der Waals surface area contributed by atoms with E-state index in [4.69, 9.17) is 9.15 Å². The van der Waals surface area contributed by atoms with E-state index in [0.717, 1.165) is 11.0 Å². The van der Waals surface area contributed by atoms with Crippen LogP contribution < -0.4 is 10.1 Å². The molecule has 0 unspecified atom stereocenters. The summed E-state index contributed by atoms with van der Waals surface area (Å²) in [5, 5.41) is 5.64. The third-order valence-electron chi connectivity index (χ3n) is 4.20. The molecule has 0 aliphatic rings. The Kier molecular flexibility index (Phi) is 3.99. The zero-order valence-corrected chi connectivity index (χ0v) is 15.3. The number of anilines is 1. The van der Waals surface area contributed by atoms with Crippen molar-refractivity contribution in [2.45, 2.75) is 0 Å². The molecule has 0 aliphatic carbocycles. The summed E-state index contributed by atoms with van der Waals surface area (Å²) < 4.78 is 11.8. The third-order valence-corrected chi connectivity index (χ3v) is 5.07. The number of ether oxygens (including phenoxy) is 1. The van der Waals surface area contributed by atoms with Crippen molar-refractivity contribution in [2.24, 2.45) is 0 Å². The number of carbonyl (C=O) groups excluding carboxylic acids is 1. The zero-order valence-electron chi connectivity index (χ0n) is 14.5. The number of rotatable bonds is 4. The van der Waals surface area contributed by atoms with E-state index in [0.29, 0.717) is 33.3 Å². The van der Waals surface area contributed by atoms with Crippen LogP contribution in [-0.4, -0.2) is 15.9 Å². The first kappa shape index (κ1) is 16.5. The van der Waals surface area contributed by atoms with E-state index < -0.39 is 0 Å². The summed E-state index contributed by atoms with van der Waals surface area (Å²) in [5.74, 6) is 0.787. The number of carbonyl (C=O) groups is 1. The van der Waals surface area contributed by atoms with Crippen LogP contribution in [0.1, 0.15) is 9.67 Å². The van der Waals surface area contributed by atoms with Gasteiger partial charge in [-0.05, 0) is 47.8 Å². The second-order valence-corrected chi connectivity index (χ2v) is 6.96. The highest BCUT2D eigenvalue weighted by Gasteiger charge is 2.14. The van der Waals surface area contributed by atoms with Gasteiger partial charge in [0.2, 0.25) is 5.58 Å². The van der Waals surface area contributed by atoms with Gasteiger partial charge in [-0.2, -0.15) is 4.98 Å². The number of fused-ring (bicyclic) bond motifs is 3. The normalized spacial score (nSPS) is 11.0. The van der Waals surface area contributed by atoms with Crippen molar-refractivity contribution < 1.29 is 13.9 Å². The second kappa shape index (κ2) is 6.79. The maximum absolute atomic E-state index is 12.1. The molecular weight excluding hydrogens is 374 g/mol. The lowest BCUT2D eigenvalue weighted by Gasteiger charge is -2.07. The maximum Gasteiger partial charge on any atom is 0.267 e. The van der Waals surface area contributed by atoms with Gasteiger partial charge in [-0.1, -0.05) is 18.2 Å². The minimum atomic E-state index is -0.136. The Morgan fingerprint density at radius 1 is 1.00 bits per heavy atom. The zero-order chi connectivity index (χ0) is 18.9. The number of nitrogens with one attached hydrogen (secondary N) is 1. The SMILES string of the molecule is O=C(Nc1ccc(Oc2ncnc3c2oc2ccccc23)cc1)c1cccs1. The lowest BCUT2D eigenvalue weighted by Crippen LogP contribution is -2.09. The third kappa shape index (κ3) is 2.97. The first-order valence-electron chi connectivity index (χ1n) is 8.53. The number of para-hydroxylation sites is 1. The van der Waals surface area contributed by atoms with E-state index in [1.807, 2.05) is 35.7 Å². The van der Waals surface area contributed by atoms with Gasteiger partial charge in [0.1, 0.15) is 23.2 Å². The summed E-state index contributed by atoms with van der Waals surface area (Å²) in [7, 11) is 0. The first-order chi connectivity index (χ1) is 13.8. The van der Waals surface area contributed by atoms with Crippen LogP contribution >= 0.6 is 11.3 Å². The Morgan fingerprint density at radius 2 is 1.86 bits per heavy atom. The summed E-state index contributed by atoms with van der Waals surface area (Å²) in [4.78, 5) is 21.3. The molecule has 0 radical (unpaired) electrons. The number of nitrogens with zero attached hydrogens (tertiary/aromatic N) is 2. The molecule has 0 saturated heterocycles. The van der Waals surface area contributed by atoms with Crippen molar-refractivity contribution in [3.05, 3.63) is 77.2 Å².